The minimum absolute atomic E-state index is 0.0697. The average molecular weight is 287 g/mol. The Morgan fingerprint density at radius 3 is 2.68 bits per heavy atom. The lowest BCUT2D eigenvalue weighted by atomic mass is 10.1. The van der Waals surface area contributed by atoms with Crippen molar-refractivity contribution in [1.82, 2.24) is 4.90 Å². The molecular formula is C12H15ClN2O4. The van der Waals surface area contributed by atoms with Crippen molar-refractivity contribution < 1.29 is 14.8 Å². The third kappa shape index (κ3) is 4.18. The molecule has 104 valence electrons. The maximum atomic E-state index is 12.0. The third-order valence-electron chi connectivity index (χ3n) is 2.62. The topological polar surface area (TPSA) is 83.7 Å². The van der Waals surface area contributed by atoms with Crippen LogP contribution in [0.3, 0.4) is 0 Å². The number of aliphatic hydroxyl groups is 1. The molecule has 0 aliphatic rings. The SMILES string of the molecule is C[C@@H](O)CCN(C)C(=O)c1ccc([N+](=O)[O-])c(Cl)c1. The molecule has 0 saturated carbocycles. The van der Waals surface area contributed by atoms with Gasteiger partial charge in [0, 0.05) is 25.2 Å². The van der Waals surface area contributed by atoms with Crippen LogP contribution < -0.4 is 0 Å². The van der Waals surface area contributed by atoms with E-state index in [2.05, 4.69) is 0 Å². The zero-order valence-corrected chi connectivity index (χ0v) is 11.4. The largest absolute Gasteiger partial charge is 0.393 e. The summed E-state index contributed by atoms with van der Waals surface area (Å²) in [5.41, 5.74) is 0.0496. The number of nitrogens with zero attached hydrogens (tertiary/aromatic N) is 2. The summed E-state index contributed by atoms with van der Waals surface area (Å²) in [4.78, 5) is 23.4. The van der Waals surface area contributed by atoms with E-state index in [4.69, 9.17) is 16.7 Å². The first-order valence-corrected chi connectivity index (χ1v) is 6.08. The molecule has 0 fully saturated rings. The number of rotatable bonds is 5. The van der Waals surface area contributed by atoms with Gasteiger partial charge in [0.05, 0.1) is 11.0 Å². The van der Waals surface area contributed by atoms with Crippen LogP contribution in [-0.4, -0.2) is 40.5 Å². The Morgan fingerprint density at radius 2 is 2.21 bits per heavy atom. The number of amides is 1. The lowest BCUT2D eigenvalue weighted by Crippen LogP contribution is -2.29. The van der Waals surface area contributed by atoms with E-state index < -0.39 is 11.0 Å². The molecule has 19 heavy (non-hydrogen) atoms. The van der Waals surface area contributed by atoms with E-state index in [1.807, 2.05) is 0 Å². The van der Waals surface area contributed by atoms with Gasteiger partial charge < -0.3 is 10.0 Å². The number of carbonyl (C=O) groups excluding carboxylic acids is 1. The molecular weight excluding hydrogens is 272 g/mol. The third-order valence-corrected chi connectivity index (χ3v) is 2.92. The molecule has 0 bridgehead atoms. The average Bonchev–Trinajstić information content (AvgIpc) is 2.34. The lowest BCUT2D eigenvalue weighted by Gasteiger charge is -2.18. The van der Waals surface area contributed by atoms with Gasteiger partial charge in [0.1, 0.15) is 5.02 Å². The highest BCUT2D eigenvalue weighted by Crippen LogP contribution is 2.25. The number of halogens is 1. The Kier molecular flexibility index (Phi) is 5.26. The zero-order chi connectivity index (χ0) is 14.6. The molecule has 0 spiro atoms. The fraction of sp³-hybridized carbons (Fsp3) is 0.417. The van der Waals surface area contributed by atoms with Crippen molar-refractivity contribution >= 4 is 23.2 Å². The molecule has 0 aliphatic carbocycles. The molecule has 1 amide bonds. The van der Waals surface area contributed by atoms with E-state index in [-0.39, 0.29) is 22.2 Å². The predicted molar refractivity (Wildman–Crippen MR) is 71.4 cm³/mol. The molecule has 1 N–H and O–H groups in total. The molecule has 0 saturated heterocycles. The highest BCUT2D eigenvalue weighted by Gasteiger charge is 2.17. The summed E-state index contributed by atoms with van der Waals surface area (Å²) >= 11 is 5.75. The van der Waals surface area contributed by atoms with E-state index >= 15 is 0 Å². The summed E-state index contributed by atoms with van der Waals surface area (Å²) < 4.78 is 0. The summed E-state index contributed by atoms with van der Waals surface area (Å²) in [7, 11) is 1.60. The Morgan fingerprint density at radius 1 is 1.58 bits per heavy atom. The number of carbonyl (C=O) groups is 1. The normalized spacial score (nSPS) is 12.0. The van der Waals surface area contributed by atoms with Crippen LogP contribution in [0, 0.1) is 10.1 Å². The molecule has 7 heteroatoms. The van der Waals surface area contributed by atoms with Crippen molar-refractivity contribution in [2.75, 3.05) is 13.6 Å². The van der Waals surface area contributed by atoms with Gasteiger partial charge in [-0.25, -0.2) is 0 Å². The first-order chi connectivity index (χ1) is 8.82. The van der Waals surface area contributed by atoms with Crippen molar-refractivity contribution in [2.45, 2.75) is 19.4 Å². The standard InChI is InChI=1S/C12H15ClN2O4/c1-8(16)5-6-14(2)12(17)9-3-4-11(15(18)19)10(13)7-9/h3-4,7-8,16H,5-6H2,1-2H3/t8-/m1/s1. The first kappa shape index (κ1) is 15.4. The van der Waals surface area contributed by atoms with Crippen molar-refractivity contribution in [3.63, 3.8) is 0 Å². The molecule has 0 aromatic heterocycles. The van der Waals surface area contributed by atoms with Crippen molar-refractivity contribution in [1.29, 1.82) is 0 Å². The highest BCUT2D eigenvalue weighted by molar-refractivity contribution is 6.33. The number of hydrogen-bond donors (Lipinski definition) is 1. The van der Waals surface area contributed by atoms with Gasteiger partial charge >= 0.3 is 0 Å². The second-order valence-corrected chi connectivity index (χ2v) is 4.69. The quantitative estimate of drug-likeness (QED) is 0.663. The summed E-state index contributed by atoms with van der Waals surface area (Å²) in [6, 6.07) is 3.85. The Balaban J connectivity index is 2.83. The van der Waals surface area contributed by atoms with Crippen molar-refractivity contribution in [2.24, 2.45) is 0 Å². The van der Waals surface area contributed by atoms with E-state index in [1.54, 1.807) is 14.0 Å². The van der Waals surface area contributed by atoms with E-state index in [0.29, 0.717) is 13.0 Å². The number of hydrogen-bond acceptors (Lipinski definition) is 4. The van der Waals surface area contributed by atoms with Crippen LogP contribution in [0.15, 0.2) is 18.2 Å². The van der Waals surface area contributed by atoms with Crippen LogP contribution in [-0.2, 0) is 0 Å². The maximum absolute atomic E-state index is 12.0. The van der Waals surface area contributed by atoms with Crippen LogP contribution in [0.1, 0.15) is 23.7 Å². The minimum Gasteiger partial charge on any atom is -0.393 e. The van der Waals surface area contributed by atoms with E-state index in [1.165, 1.54) is 23.1 Å². The Bertz CT molecular complexity index is 491. The smallest absolute Gasteiger partial charge is 0.287 e. The molecule has 0 radical (unpaired) electrons. The maximum Gasteiger partial charge on any atom is 0.287 e. The van der Waals surface area contributed by atoms with Crippen LogP contribution >= 0.6 is 11.6 Å². The molecule has 1 atom stereocenters. The Labute approximate surface area is 115 Å². The summed E-state index contributed by atoms with van der Waals surface area (Å²) in [6.45, 7) is 2.03. The molecule has 0 unspecified atom stereocenters. The number of nitro benzene ring substituents is 1. The molecule has 1 aromatic rings. The highest BCUT2D eigenvalue weighted by atomic mass is 35.5. The van der Waals surface area contributed by atoms with Crippen LogP contribution in [0.4, 0.5) is 5.69 Å². The summed E-state index contributed by atoms with van der Waals surface area (Å²) in [6.07, 6.45) is -0.0288. The number of aliphatic hydroxyl groups excluding tert-OH is 1. The van der Waals surface area contributed by atoms with E-state index in [9.17, 15) is 14.9 Å². The van der Waals surface area contributed by atoms with Gasteiger partial charge in [0.25, 0.3) is 11.6 Å². The van der Waals surface area contributed by atoms with Gasteiger partial charge in [-0.2, -0.15) is 0 Å². The monoisotopic (exact) mass is 286 g/mol. The van der Waals surface area contributed by atoms with E-state index in [0.717, 1.165) is 0 Å². The van der Waals surface area contributed by atoms with Crippen LogP contribution in [0.2, 0.25) is 5.02 Å². The fourth-order valence-electron chi connectivity index (χ4n) is 1.49. The lowest BCUT2D eigenvalue weighted by molar-refractivity contribution is -0.384. The van der Waals surface area contributed by atoms with Crippen molar-refractivity contribution in [3.8, 4) is 0 Å². The van der Waals surface area contributed by atoms with Crippen LogP contribution in [0.25, 0.3) is 0 Å². The van der Waals surface area contributed by atoms with Gasteiger partial charge in [-0.15, -0.1) is 0 Å². The van der Waals surface area contributed by atoms with Crippen molar-refractivity contribution in [3.05, 3.63) is 38.9 Å². The minimum atomic E-state index is -0.603. The Hall–Kier alpha value is -1.66. The second kappa shape index (κ2) is 6.49. The van der Waals surface area contributed by atoms with Gasteiger partial charge in [0.2, 0.25) is 0 Å². The molecule has 0 aliphatic heterocycles. The second-order valence-electron chi connectivity index (χ2n) is 4.29. The molecule has 6 nitrogen and oxygen atoms in total. The fourth-order valence-corrected chi connectivity index (χ4v) is 1.74. The number of nitro groups is 1. The number of benzene rings is 1. The molecule has 1 rings (SSSR count). The summed E-state index contributed by atoms with van der Waals surface area (Å²) in [5, 5.41) is 19.7. The van der Waals surface area contributed by atoms with Gasteiger partial charge in [-0.1, -0.05) is 11.6 Å². The first-order valence-electron chi connectivity index (χ1n) is 5.70. The molecule has 0 heterocycles. The summed E-state index contributed by atoms with van der Waals surface area (Å²) in [5.74, 6) is -0.294. The zero-order valence-electron chi connectivity index (χ0n) is 10.7. The van der Waals surface area contributed by atoms with Gasteiger partial charge in [-0.3, -0.25) is 14.9 Å². The van der Waals surface area contributed by atoms with Gasteiger partial charge in [0.15, 0.2) is 0 Å². The van der Waals surface area contributed by atoms with Gasteiger partial charge in [-0.05, 0) is 25.5 Å². The molecule has 1 aromatic carbocycles. The van der Waals surface area contributed by atoms with Crippen LogP contribution in [0.5, 0.6) is 0 Å². The predicted octanol–water partition coefficient (Wildman–Crippen LogP) is 2.09.